The van der Waals surface area contributed by atoms with Crippen LogP contribution in [0.15, 0.2) is 24.3 Å². The monoisotopic (exact) mass is 214 g/mol. The summed E-state index contributed by atoms with van der Waals surface area (Å²) in [5, 5.41) is 8.71. The Bertz CT molecular complexity index is 426. The first-order chi connectivity index (χ1) is 7.72. The lowest BCUT2D eigenvalue weighted by molar-refractivity contribution is -0.117. The molecule has 0 saturated heterocycles. The molecule has 82 valence electrons. The Labute approximate surface area is 95.3 Å². The molecule has 3 nitrogen and oxygen atoms in total. The molecular formula is C13H14N2O. The second kappa shape index (κ2) is 4.36. The van der Waals surface area contributed by atoms with E-state index < -0.39 is 0 Å². The quantitative estimate of drug-likeness (QED) is 0.759. The summed E-state index contributed by atoms with van der Waals surface area (Å²) in [4.78, 5) is 13.4. The van der Waals surface area contributed by atoms with E-state index in [0.717, 1.165) is 18.5 Å². The Morgan fingerprint density at radius 2 is 2.00 bits per heavy atom. The highest BCUT2D eigenvalue weighted by atomic mass is 16.2. The van der Waals surface area contributed by atoms with E-state index >= 15 is 0 Å². The van der Waals surface area contributed by atoms with Crippen LogP contribution in [0, 0.1) is 11.3 Å². The summed E-state index contributed by atoms with van der Waals surface area (Å²) < 4.78 is 0. The van der Waals surface area contributed by atoms with Crippen LogP contribution < -0.4 is 4.90 Å². The van der Waals surface area contributed by atoms with E-state index in [9.17, 15) is 4.79 Å². The van der Waals surface area contributed by atoms with Crippen molar-refractivity contribution in [3.63, 3.8) is 0 Å². The van der Waals surface area contributed by atoms with Gasteiger partial charge >= 0.3 is 0 Å². The van der Waals surface area contributed by atoms with Gasteiger partial charge in [0, 0.05) is 18.7 Å². The predicted octanol–water partition coefficient (Wildman–Crippen LogP) is 2.46. The van der Waals surface area contributed by atoms with Gasteiger partial charge in [-0.2, -0.15) is 5.26 Å². The number of amides is 1. The summed E-state index contributed by atoms with van der Waals surface area (Å²) in [5.41, 5.74) is 1.53. The van der Waals surface area contributed by atoms with Crippen molar-refractivity contribution in [1.82, 2.24) is 0 Å². The van der Waals surface area contributed by atoms with Crippen LogP contribution in [0.4, 0.5) is 5.69 Å². The lowest BCUT2D eigenvalue weighted by Gasteiger charge is -2.37. The fourth-order valence-corrected chi connectivity index (χ4v) is 1.99. The van der Waals surface area contributed by atoms with Gasteiger partial charge in [0.2, 0.25) is 5.91 Å². The van der Waals surface area contributed by atoms with Crippen molar-refractivity contribution in [2.24, 2.45) is 0 Å². The number of nitriles is 1. The Morgan fingerprint density at radius 1 is 1.38 bits per heavy atom. The SMILES string of the molecule is CC(=O)N(c1ccc(C#N)cc1)C1CCC1. The number of anilines is 1. The molecule has 1 fully saturated rings. The van der Waals surface area contributed by atoms with Gasteiger partial charge in [-0.15, -0.1) is 0 Å². The minimum Gasteiger partial charge on any atom is -0.310 e. The van der Waals surface area contributed by atoms with Gasteiger partial charge < -0.3 is 4.90 Å². The minimum absolute atomic E-state index is 0.0782. The third-order valence-electron chi connectivity index (χ3n) is 3.05. The zero-order chi connectivity index (χ0) is 11.5. The lowest BCUT2D eigenvalue weighted by atomic mass is 9.91. The molecular weight excluding hydrogens is 200 g/mol. The maximum atomic E-state index is 11.6. The Morgan fingerprint density at radius 3 is 2.38 bits per heavy atom. The molecule has 1 aliphatic carbocycles. The standard InChI is InChI=1S/C13H14N2O/c1-10(16)15(12-3-2-4-12)13-7-5-11(9-14)6-8-13/h5-8,12H,2-4H2,1H3. The van der Waals surface area contributed by atoms with Crippen molar-refractivity contribution >= 4 is 11.6 Å². The number of nitrogens with zero attached hydrogens (tertiary/aromatic N) is 2. The number of benzene rings is 1. The van der Waals surface area contributed by atoms with E-state index in [-0.39, 0.29) is 5.91 Å². The number of hydrogen-bond donors (Lipinski definition) is 0. The maximum absolute atomic E-state index is 11.6. The molecule has 1 aromatic carbocycles. The second-order valence-corrected chi connectivity index (χ2v) is 4.13. The fraction of sp³-hybridized carbons (Fsp3) is 0.385. The first-order valence-corrected chi connectivity index (χ1v) is 5.52. The number of rotatable bonds is 2. The van der Waals surface area contributed by atoms with Crippen molar-refractivity contribution in [2.45, 2.75) is 32.2 Å². The van der Waals surface area contributed by atoms with E-state index in [2.05, 4.69) is 6.07 Å². The van der Waals surface area contributed by atoms with Crippen molar-refractivity contribution < 1.29 is 4.79 Å². The van der Waals surface area contributed by atoms with Gasteiger partial charge in [0.25, 0.3) is 0 Å². The van der Waals surface area contributed by atoms with Gasteiger partial charge in [0.15, 0.2) is 0 Å². The van der Waals surface area contributed by atoms with Crippen LogP contribution in [0.1, 0.15) is 31.7 Å². The highest BCUT2D eigenvalue weighted by Crippen LogP contribution is 2.29. The fourth-order valence-electron chi connectivity index (χ4n) is 1.99. The lowest BCUT2D eigenvalue weighted by Crippen LogP contribution is -2.43. The molecule has 16 heavy (non-hydrogen) atoms. The molecule has 0 bridgehead atoms. The number of carbonyl (C=O) groups is 1. The average Bonchev–Trinajstić information content (AvgIpc) is 2.23. The van der Waals surface area contributed by atoms with Crippen LogP contribution in [-0.4, -0.2) is 11.9 Å². The van der Waals surface area contributed by atoms with Crippen LogP contribution in [0.2, 0.25) is 0 Å². The topological polar surface area (TPSA) is 44.1 Å². The highest BCUT2D eigenvalue weighted by Gasteiger charge is 2.27. The number of carbonyl (C=O) groups excluding carboxylic acids is 1. The molecule has 1 amide bonds. The predicted molar refractivity (Wildman–Crippen MR) is 62.0 cm³/mol. The molecule has 0 N–H and O–H groups in total. The van der Waals surface area contributed by atoms with Gasteiger partial charge in [0.05, 0.1) is 11.6 Å². The van der Waals surface area contributed by atoms with Crippen LogP contribution in [-0.2, 0) is 4.79 Å². The summed E-state index contributed by atoms with van der Waals surface area (Å²) in [7, 11) is 0. The van der Waals surface area contributed by atoms with E-state index in [1.807, 2.05) is 17.0 Å². The van der Waals surface area contributed by atoms with Crippen molar-refractivity contribution in [3.8, 4) is 6.07 Å². The Hall–Kier alpha value is -1.82. The minimum atomic E-state index is 0.0782. The van der Waals surface area contributed by atoms with E-state index in [0.29, 0.717) is 11.6 Å². The molecule has 0 atom stereocenters. The third kappa shape index (κ3) is 1.92. The molecule has 0 spiro atoms. The van der Waals surface area contributed by atoms with Crippen LogP contribution >= 0.6 is 0 Å². The van der Waals surface area contributed by atoms with Gasteiger partial charge in [-0.1, -0.05) is 0 Å². The Balaban J connectivity index is 2.24. The highest BCUT2D eigenvalue weighted by molar-refractivity contribution is 5.92. The zero-order valence-electron chi connectivity index (χ0n) is 9.31. The van der Waals surface area contributed by atoms with Crippen LogP contribution in [0.3, 0.4) is 0 Å². The van der Waals surface area contributed by atoms with E-state index in [1.54, 1.807) is 19.1 Å². The molecule has 1 aromatic rings. The molecule has 0 heterocycles. The van der Waals surface area contributed by atoms with E-state index in [4.69, 9.17) is 5.26 Å². The third-order valence-corrected chi connectivity index (χ3v) is 3.05. The average molecular weight is 214 g/mol. The summed E-state index contributed by atoms with van der Waals surface area (Å²) in [6.45, 7) is 1.59. The Kier molecular flexibility index (Phi) is 2.91. The summed E-state index contributed by atoms with van der Waals surface area (Å²) in [6.07, 6.45) is 3.36. The molecule has 0 aromatic heterocycles. The molecule has 3 heteroatoms. The first kappa shape index (κ1) is 10.7. The van der Waals surface area contributed by atoms with Gasteiger partial charge in [-0.3, -0.25) is 4.79 Å². The summed E-state index contributed by atoms with van der Waals surface area (Å²) >= 11 is 0. The van der Waals surface area contributed by atoms with Crippen molar-refractivity contribution in [1.29, 1.82) is 5.26 Å². The van der Waals surface area contributed by atoms with Gasteiger partial charge in [-0.05, 0) is 43.5 Å². The molecule has 0 aliphatic heterocycles. The maximum Gasteiger partial charge on any atom is 0.224 e. The van der Waals surface area contributed by atoms with Crippen LogP contribution in [0.5, 0.6) is 0 Å². The largest absolute Gasteiger partial charge is 0.310 e. The molecule has 2 rings (SSSR count). The smallest absolute Gasteiger partial charge is 0.224 e. The van der Waals surface area contributed by atoms with Gasteiger partial charge in [-0.25, -0.2) is 0 Å². The summed E-state index contributed by atoms with van der Waals surface area (Å²) in [5.74, 6) is 0.0782. The van der Waals surface area contributed by atoms with Gasteiger partial charge in [0.1, 0.15) is 0 Å². The normalized spacial score (nSPS) is 15.0. The van der Waals surface area contributed by atoms with Crippen molar-refractivity contribution in [3.05, 3.63) is 29.8 Å². The molecule has 0 radical (unpaired) electrons. The van der Waals surface area contributed by atoms with Crippen LogP contribution in [0.25, 0.3) is 0 Å². The number of hydrogen-bond acceptors (Lipinski definition) is 2. The molecule has 0 unspecified atom stereocenters. The van der Waals surface area contributed by atoms with Crippen molar-refractivity contribution in [2.75, 3.05) is 4.90 Å². The van der Waals surface area contributed by atoms with E-state index in [1.165, 1.54) is 6.42 Å². The molecule has 1 saturated carbocycles. The summed E-state index contributed by atoms with van der Waals surface area (Å²) in [6, 6.07) is 9.63. The second-order valence-electron chi connectivity index (χ2n) is 4.13. The first-order valence-electron chi connectivity index (χ1n) is 5.52. The molecule has 1 aliphatic rings. The zero-order valence-corrected chi connectivity index (χ0v) is 9.31.